The van der Waals surface area contributed by atoms with Gasteiger partial charge in [-0.15, -0.1) is 11.3 Å². The van der Waals surface area contributed by atoms with E-state index in [1.165, 1.54) is 0 Å². The molecule has 1 atom stereocenters. The summed E-state index contributed by atoms with van der Waals surface area (Å²) in [5.41, 5.74) is 0.500. The minimum Gasteiger partial charge on any atom is -0.387 e. The fourth-order valence-corrected chi connectivity index (χ4v) is 4.75. The SMILES string of the molecule is O=C(NC[C@H](O)c1ccsc1)C1(c2cccs2)CCCC1. The zero-order valence-corrected chi connectivity index (χ0v) is 13.4. The summed E-state index contributed by atoms with van der Waals surface area (Å²) < 4.78 is 0. The minimum absolute atomic E-state index is 0.0664. The van der Waals surface area contributed by atoms with Crippen LogP contribution in [0.2, 0.25) is 0 Å². The van der Waals surface area contributed by atoms with Gasteiger partial charge in [-0.05, 0) is 46.7 Å². The van der Waals surface area contributed by atoms with Gasteiger partial charge in [0.1, 0.15) is 0 Å². The number of hydrogen-bond acceptors (Lipinski definition) is 4. The van der Waals surface area contributed by atoms with E-state index >= 15 is 0 Å². The van der Waals surface area contributed by atoms with Crippen molar-refractivity contribution in [2.75, 3.05) is 6.54 Å². The smallest absolute Gasteiger partial charge is 0.231 e. The summed E-state index contributed by atoms with van der Waals surface area (Å²) >= 11 is 3.21. The highest BCUT2D eigenvalue weighted by Crippen LogP contribution is 2.43. The van der Waals surface area contributed by atoms with Crippen molar-refractivity contribution < 1.29 is 9.90 Å². The van der Waals surface area contributed by atoms with Crippen molar-refractivity contribution in [1.82, 2.24) is 5.32 Å². The maximum absolute atomic E-state index is 12.7. The van der Waals surface area contributed by atoms with Crippen LogP contribution in [0.5, 0.6) is 0 Å². The van der Waals surface area contributed by atoms with Crippen LogP contribution in [0.3, 0.4) is 0 Å². The molecule has 2 heterocycles. The van der Waals surface area contributed by atoms with Crippen LogP contribution in [-0.2, 0) is 10.2 Å². The molecule has 112 valence electrons. The summed E-state index contributed by atoms with van der Waals surface area (Å²) in [6.07, 6.45) is 3.39. The molecular formula is C16H19NO2S2. The van der Waals surface area contributed by atoms with E-state index in [9.17, 15) is 9.90 Å². The van der Waals surface area contributed by atoms with Gasteiger partial charge in [-0.1, -0.05) is 18.9 Å². The fraction of sp³-hybridized carbons (Fsp3) is 0.438. The van der Waals surface area contributed by atoms with Crippen LogP contribution in [0.25, 0.3) is 0 Å². The molecule has 1 saturated carbocycles. The Bertz CT molecular complexity index is 571. The van der Waals surface area contributed by atoms with Crippen molar-refractivity contribution in [3.63, 3.8) is 0 Å². The topological polar surface area (TPSA) is 49.3 Å². The van der Waals surface area contributed by atoms with Gasteiger partial charge in [-0.2, -0.15) is 11.3 Å². The van der Waals surface area contributed by atoms with Gasteiger partial charge in [-0.25, -0.2) is 0 Å². The molecule has 3 rings (SSSR count). The third-order valence-corrected chi connectivity index (χ3v) is 6.04. The lowest BCUT2D eigenvalue weighted by molar-refractivity contribution is -0.127. The Balaban J connectivity index is 1.68. The second-order valence-corrected chi connectivity index (χ2v) is 7.28. The predicted molar refractivity (Wildman–Crippen MR) is 86.8 cm³/mol. The van der Waals surface area contributed by atoms with Crippen LogP contribution in [0.1, 0.15) is 42.2 Å². The van der Waals surface area contributed by atoms with E-state index in [4.69, 9.17) is 0 Å². The molecule has 2 N–H and O–H groups in total. The molecule has 2 aromatic rings. The minimum atomic E-state index is -0.623. The largest absolute Gasteiger partial charge is 0.387 e. The number of aliphatic hydroxyl groups excluding tert-OH is 1. The summed E-state index contributed by atoms with van der Waals surface area (Å²) in [5, 5.41) is 19.0. The average Bonchev–Trinajstić information content (AvgIpc) is 3.26. The third-order valence-electron chi connectivity index (χ3n) is 4.27. The number of thiophene rings is 2. The van der Waals surface area contributed by atoms with E-state index in [1.54, 1.807) is 22.7 Å². The van der Waals surface area contributed by atoms with E-state index in [0.29, 0.717) is 0 Å². The summed E-state index contributed by atoms with van der Waals surface area (Å²) in [7, 11) is 0. The maximum atomic E-state index is 12.7. The first-order valence-corrected chi connectivity index (χ1v) is 9.07. The second kappa shape index (κ2) is 6.30. The number of rotatable bonds is 5. The van der Waals surface area contributed by atoms with Crippen molar-refractivity contribution in [2.24, 2.45) is 0 Å². The van der Waals surface area contributed by atoms with Crippen LogP contribution in [0.4, 0.5) is 0 Å². The lowest BCUT2D eigenvalue weighted by atomic mass is 9.83. The Morgan fingerprint density at radius 2 is 2.14 bits per heavy atom. The number of carbonyl (C=O) groups excluding carboxylic acids is 1. The Morgan fingerprint density at radius 3 is 2.76 bits per heavy atom. The molecule has 0 unspecified atom stereocenters. The normalized spacial score (nSPS) is 18.5. The first-order valence-electron chi connectivity index (χ1n) is 7.25. The molecular weight excluding hydrogens is 302 g/mol. The third kappa shape index (κ3) is 2.91. The standard InChI is InChI=1S/C16H19NO2S2/c18-13(12-5-9-20-11-12)10-17-15(19)16(6-1-2-7-16)14-4-3-8-21-14/h3-5,8-9,11,13,18H,1-2,6-7,10H2,(H,17,19)/t13-/m0/s1. The molecule has 0 aliphatic heterocycles. The molecule has 0 saturated heterocycles. The van der Waals surface area contributed by atoms with Crippen molar-refractivity contribution >= 4 is 28.6 Å². The van der Waals surface area contributed by atoms with E-state index in [0.717, 1.165) is 36.1 Å². The molecule has 1 amide bonds. The highest BCUT2D eigenvalue weighted by molar-refractivity contribution is 7.10. The molecule has 1 aliphatic carbocycles. The van der Waals surface area contributed by atoms with E-state index in [2.05, 4.69) is 11.4 Å². The van der Waals surface area contributed by atoms with Gasteiger partial charge in [0.2, 0.25) is 5.91 Å². The lowest BCUT2D eigenvalue weighted by Crippen LogP contribution is -2.43. The Morgan fingerprint density at radius 1 is 1.33 bits per heavy atom. The van der Waals surface area contributed by atoms with Crippen molar-refractivity contribution in [2.45, 2.75) is 37.2 Å². The van der Waals surface area contributed by atoms with Crippen LogP contribution >= 0.6 is 22.7 Å². The predicted octanol–water partition coefficient (Wildman–Crippen LogP) is 3.47. The Hall–Kier alpha value is -1.17. The van der Waals surface area contributed by atoms with E-state index in [-0.39, 0.29) is 17.9 Å². The zero-order valence-electron chi connectivity index (χ0n) is 11.7. The molecule has 21 heavy (non-hydrogen) atoms. The molecule has 3 nitrogen and oxygen atoms in total. The van der Waals surface area contributed by atoms with Gasteiger partial charge in [0, 0.05) is 11.4 Å². The maximum Gasteiger partial charge on any atom is 0.231 e. The molecule has 2 aromatic heterocycles. The Labute approximate surface area is 132 Å². The average molecular weight is 321 g/mol. The zero-order chi connectivity index (χ0) is 14.7. The molecule has 0 spiro atoms. The molecule has 1 fully saturated rings. The van der Waals surface area contributed by atoms with Crippen molar-refractivity contribution in [3.8, 4) is 0 Å². The van der Waals surface area contributed by atoms with E-state index < -0.39 is 6.10 Å². The van der Waals surface area contributed by atoms with Gasteiger partial charge < -0.3 is 10.4 Å². The first kappa shape index (κ1) is 14.8. The second-order valence-electron chi connectivity index (χ2n) is 5.55. The summed E-state index contributed by atoms with van der Waals surface area (Å²) in [6, 6.07) is 5.96. The highest BCUT2D eigenvalue weighted by Gasteiger charge is 2.43. The summed E-state index contributed by atoms with van der Waals surface area (Å²) in [5.74, 6) is 0.0664. The van der Waals surface area contributed by atoms with Gasteiger partial charge in [0.25, 0.3) is 0 Å². The molecule has 5 heteroatoms. The lowest BCUT2D eigenvalue weighted by Gasteiger charge is -2.27. The van der Waals surface area contributed by atoms with Gasteiger partial charge in [-0.3, -0.25) is 4.79 Å². The number of aliphatic hydroxyl groups is 1. The number of hydrogen-bond donors (Lipinski definition) is 2. The monoisotopic (exact) mass is 321 g/mol. The molecule has 0 radical (unpaired) electrons. The van der Waals surface area contributed by atoms with Crippen LogP contribution in [0.15, 0.2) is 34.3 Å². The highest BCUT2D eigenvalue weighted by atomic mass is 32.1. The fourth-order valence-electron chi connectivity index (χ4n) is 3.06. The van der Waals surface area contributed by atoms with Crippen LogP contribution in [-0.4, -0.2) is 17.6 Å². The number of nitrogens with one attached hydrogen (secondary N) is 1. The quantitative estimate of drug-likeness (QED) is 0.886. The van der Waals surface area contributed by atoms with Crippen molar-refractivity contribution in [3.05, 3.63) is 44.8 Å². The number of amides is 1. The number of carbonyl (C=O) groups is 1. The molecule has 0 aromatic carbocycles. The van der Waals surface area contributed by atoms with Crippen LogP contribution < -0.4 is 5.32 Å². The van der Waals surface area contributed by atoms with Gasteiger partial charge >= 0.3 is 0 Å². The first-order chi connectivity index (χ1) is 10.2. The van der Waals surface area contributed by atoms with Gasteiger partial charge in [0.05, 0.1) is 11.5 Å². The van der Waals surface area contributed by atoms with Crippen LogP contribution in [0, 0.1) is 0 Å². The molecule has 1 aliphatic rings. The van der Waals surface area contributed by atoms with Gasteiger partial charge in [0.15, 0.2) is 0 Å². The Kier molecular flexibility index (Phi) is 4.42. The van der Waals surface area contributed by atoms with E-state index in [1.807, 2.05) is 28.3 Å². The molecule has 0 bridgehead atoms. The summed E-state index contributed by atoms with van der Waals surface area (Å²) in [6.45, 7) is 0.280. The summed E-state index contributed by atoms with van der Waals surface area (Å²) in [4.78, 5) is 13.9. The van der Waals surface area contributed by atoms with Crippen molar-refractivity contribution in [1.29, 1.82) is 0 Å².